The Labute approximate surface area is 118 Å². The van der Waals surface area contributed by atoms with Crippen LogP contribution < -0.4 is 5.32 Å². The molecule has 3 atom stereocenters. The molecule has 2 aliphatic rings. The van der Waals surface area contributed by atoms with Gasteiger partial charge < -0.3 is 5.32 Å². The van der Waals surface area contributed by atoms with Crippen molar-refractivity contribution >= 4 is 21.4 Å². The summed E-state index contributed by atoms with van der Waals surface area (Å²) in [6.07, 6.45) is 0. The van der Waals surface area contributed by atoms with Gasteiger partial charge in [0.2, 0.25) is 0 Å². The summed E-state index contributed by atoms with van der Waals surface area (Å²) in [5.74, 6) is 1.77. The van der Waals surface area contributed by atoms with E-state index in [9.17, 15) is 0 Å². The van der Waals surface area contributed by atoms with Gasteiger partial charge in [-0.2, -0.15) is 0 Å². The fraction of sp³-hybridized carbons (Fsp3) is 0.500. The fourth-order valence-electron chi connectivity index (χ4n) is 3.60. The van der Waals surface area contributed by atoms with E-state index in [4.69, 9.17) is 0 Å². The average Bonchev–Trinajstić information content (AvgIpc) is 3.10. The molecule has 3 heteroatoms. The molecule has 4 rings (SSSR count). The highest BCUT2D eigenvalue weighted by Gasteiger charge is 2.38. The van der Waals surface area contributed by atoms with Crippen molar-refractivity contribution in [1.29, 1.82) is 0 Å². The maximum atomic E-state index is 3.52. The highest BCUT2D eigenvalue weighted by atomic mass is 32.1. The van der Waals surface area contributed by atoms with Crippen LogP contribution in [0.5, 0.6) is 0 Å². The molecule has 19 heavy (non-hydrogen) atoms. The highest BCUT2D eigenvalue weighted by molar-refractivity contribution is 7.19. The summed E-state index contributed by atoms with van der Waals surface area (Å²) in [5, 5.41) is 4.92. The third-order valence-corrected chi connectivity index (χ3v) is 6.11. The zero-order valence-electron chi connectivity index (χ0n) is 11.3. The van der Waals surface area contributed by atoms with Crippen LogP contribution in [0.1, 0.15) is 17.8 Å². The monoisotopic (exact) mass is 272 g/mol. The van der Waals surface area contributed by atoms with Gasteiger partial charge in [0.1, 0.15) is 0 Å². The normalized spacial score (nSPS) is 28.9. The van der Waals surface area contributed by atoms with Gasteiger partial charge in [0.05, 0.1) is 0 Å². The Morgan fingerprint density at radius 2 is 1.95 bits per heavy atom. The number of fused-ring (bicyclic) bond motifs is 2. The first-order valence-electron chi connectivity index (χ1n) is 7.24. The molecule has 2 nitrogen and oxygen atoms in total. The molecule has 0 saturated carbocycles. The molecular weight excluding hydrogens is 252 g/mol. The van der Waals surface area contributed by atoms with Crippen molar-refractivity contribution in [2.24, 2.45) is 11.8 Å². The van der Waals surface area contributed by atoms with Crippen LogP contribution in [0, 0.1) is 11.8 Å². The number of nitrogens with one attached hydrogen (secondary N) is 1. The lowest BCUT2D eigenvalue weighted by Crippen LogP contribution is -2.28. The highest BCUT2D eigenvalue weighted by Crippen LogP contribution is 2.37. The lowest BCUT2D eigenvalue weighted by atomic mass is 10.0. The number of benzene rings is 1. The average molecular weight is 272 g/mol. The summed E-state index contributed by atoms with van der Waals surface area (Å²) < 4.78 is 1.42. The molecule has 0 aliphatic carbocycles. The molecule has 2 aromatic rings. The zero-order valence-corrected chi connectivity index (χ0v) is 12.1. The first-order valence-corrected chi connectivity index (χ1v) is 8.06. The Morgan fingerprint density at radius 3 is 2.68 bits per heavy atom. The van der Waals surface area contributed by atoms with Crippen LogP contribution in [-0.2, 0) is 0 Å². The first-order chi connectivity index (χ1) is 9.31. The number of rotatable bonds is 2. The Kier molecular flexibility index (Phi) is 2.87. The SMILES string of the molecule is CC(c1cc2ccccc2s1)N1CC2CNCC2C1. The van der Waals surface area contributed by atoms with E-state index < -0.39 is 0 Å². The van der Waals surface area contributed by atoms with Crippen LogP contribution in [0.4, 0.5) is 0 Å². The third kappa shape index (κ3) is 2.00. The van der Waals surface area contributed by atoms with Gasteiger partial charge in [0, 0.05) is 28.7 Å². The summed E-state index contributed by atoms with van der Waals surface area (Å²) in [5.41, 5.74) is 0. The van der Waals surface area contributed by atoms with Crippen LogP contribution in [0.2, 0.25) is 0 Å². The molecule has 2 fully saturated rings. The summed E-state index contributed by atoms with van der Waals surface area (Å²) in [6.45, 7) is 7.36. The van der Waals surface area contributed by atoms with Crippen molar-refractivity contribution in [2.45, 2.75) is 13.0 Å². The molecule has 0 amide bonds. The van der Waals surface area contributed by atoms with Crippen molar-refractivity contribution < 1.29 is 0 Å². The van der Waals surface area contributed by atoms with E-state index in [-0.39, 0.29) is 0 Å². The first kappa shape index (κ1) is 11.9. The van der Waals surface area contributed by atoms with Crippen molar-refractivity contribution in [1.82, 2.24) is 10.2 Å². The molecule has 100 valence electrons. The van der Waals surface area contributed by atoms with E-state index in [1.54, 1.807) is 0 Å². The van der Waals surface area contributed by atoms with E-state index in [0.717, 1.165) is 11.8 Å². The van der Waals surface area contributed by atoms with E-state index in [2.05, 4.69) is 47.5 Å². The molecule has 3 heterocycles. The minimum atomic E-state index is 0.572. The van der Waals surface area contributed by atoms with Gasteiger partial charge in [-0.25, -0.2) is 0 Å². The van der Waals surface area contributed by atoms with Gasteiger partial charge in [-0.15, -0.1) is 11.3 Å². The number of hydrogen-bond donors (Lipinski definition) is 1. The third-order valence-electron chi connectivity index (χ3n) is 4.82. The lowest BCUT2D eigenvalue weighted by molar-refractivity contribution is 0.247. The van der Waals surface area contributed by atoms with Crippen LogP contribution in [0.3, 0.4) is 0 Å². The minimum absolute atomic E-state index is 0.572. The van der Waals surface area contributed by atoms with E-state index in [0.29, 0.717) is 6.04 Å². The topological polar surface area (TPSA) is 15.3 Å². The second-order valence-electron chi connectivity index (χ2n) is 5.99. The smallest absolute Gasteiger partial charge is 0.0414 e. The van der Waals surface area contributed by atoms with Gasteiger partial charge in [0.25, 0.3) is 0 Å². The molecule has 1 aromatic heterocycles. The summed E-state index contributed by atoms with van der Waals surface area (Å²) >= 11 is 1.96. The van der Waals surface area contributed by atoms with Crippen LogP contribution >= 0.6 is 11.3 Å². The van der Waals surface area contributed by atoms with Crippen molar-refractivity contribution in [2.75, 3.05) is 26.2 Å². The molecule has 3 unspecified atom stereocenters. The van der Waals surface area contributed by atoms with Gasteiger partial charge in [0.15, 0.2) is 0 Å². The van der Waals surface area contributed by atoms with E-state index >= 15 is 0 Å². The van der Waals surface area contributed by atoms with Gasteiger partial charge in [-0.3, -0.25) is 4.90 Å². The predicted octanol–water partition coefficient (Wildman–Crippen LogP) is 3.11. The van der Waals surface area contributed by atoms with Gasteiger partial charge in [-0.1, -0.05) is 18.2 Å². The van der Waals surface area contributed by atoms with Crippen LogP contribution in [0.15, 0.2) is 30.3 Å². The summed E-state index contributed by atoms with van der Waals surface area (Å²) in [6, 6.07) is 11.7. The van der Waals surface area contributed by atoms with Gasteiger partial charge in [-0.05, 0) is 49.4 Å². The van der Waals surface area contributed by atoms with Crippen molar-refractivity contribution in [3.05, 3.63) is 35.2 Å². The number of nitrogens with zero attached hydrogens (tertiary/aromatic N) is 1. The van der Waals surface area contributed by atoms with Crippen LogP contribution in [0.25, 0.3) is 10.1 Å². The zero-order chi connectivity index (χ0) is 12.8. The molecule has 1 aromatic carbocycles. The molecule has 0 spiro atoms. The molecule has 2 aliphatic heterocycles. The number of hydrogen-bond acceptors (Lipinski definition) is 3. The summed E-state index contributed by atoms with van der Waals surface area (Å²) in [7, 11) is 0. The van der Waals surface area contributed by atoms with E-state index in [1.165, 1.54) is 41.1 Å². The predicted molar refractivity (Wildman–Crippen MR) is 81.7 cm³/mol. The minimum Gasteiger partial charge on any atom is -0.316 e. The largest absolute Gasteiger partial charge is 0.316 e. The van der Waals surface area contributed by atoms with Crippen LogP contribution in [-0.4, -0.2) is 31.1 Å². The maximum Gasteiger partial charge on any atom is 0.0414 e. The number of thiophene rings is 1. The fourth-order valence-corrected chi connectivity index (χ4v) is 4.75. The standard InChI is InChI=1S/C16H20N2S/c1-11(18-9-13-7-17-8-14(13)10-18)16-6-12-4-2-3-5-15(12)19-16/h2-6,11,13-14,17H,7-10H2,1H3. The Morgan fingerprint density at radius 1 is 1.21 bits per heavy atom. The van der Waals surface area contributed by atoms with E-state index in [1.807, 2.05) is 11.3 Å². The molecule has 1 N–H and O–H groups in total. The quantitative estimate of drug-likeness (QED) is 0.903. The van der Waals surface area contributed by atoms with Gasteiger partial charge >= 0.3 is 0 Å². The molecule has 0 radical (unpaired) electrons. The molecule has 0 bridgehead atoms. The van der Waals surface area contributed by atoms with Crippen molar-refractivity contribution in [3.63, 3.8) is 0 Å². The summed E-state index contributed by atoms with van der Waals surface area (Å²) in [4.78, 5) is 4.20. The Hall–Kier alpha value is -0.900. The maximum absolute atomic E-state index is 3.52. The number of likely N-dealkylation sites (tertiary alicyclic amines) is 1. The Bertz CT molecular complexity index is 546. The molecular formula is C16H20N2S. The lowest BCUT2D eigenvalue weighted by Gasteiger charge is -2.24. The second-order valence-corrected chi connectivity index (χ2v) is 7.11. The second kappa shape index (κ2) is 4.58. The van der Waals surface area contributed by atoms with Crippen molar-refractivity contribution in [3.8, 4) is 0 Å². The molecule has 2 saturated heterocycles. The Balaban J connectivity index is 1.58.